The van der Waals surface area contributed by atoms with E-state index in [1.807, 2.05) is 32.0 Å². The quantitative estimate of drug-likeness (QED) is 0.606. The van der Waals surface area contributed by atoms with Gasteiger partial charge in [-0.15, -0.1) is 0 Å². The molecule has 132 valence electrons. The molecule has 0 aliphatic carbocycles. The molecule has 2 aromatic carbocycles. The number of hydrogen-bond donors (Lipinski definition) is 0. The number of carbonyl (C=O) groups excluding carboxylic acids is 2. The van der Waals surface area contributed by atoms with Gasteiger partial charge in [0.05, 0.1) is 5.97 Å². The molecule has 1 aliphatic rings. The molecule has 26 heavy (non-hydrogen) atoms. The Balaban J connectivity index is 1.79. The van der Waals surface area contributed by atoms with Gasteiger partial charge in [0.15, 0.2) is 5.70 Å². The highest BCUT2D eigenvalue weighted by molar-refractivity contribution is 6.12. The van der Waals surface area contributed by atoms with Gasteiger partial charge in [-0.2, -0.15) is 0 Å². The number of aryl methyl sites for hydroxylation is 2. The Hall–Kier alpha value is -3.41. The van der Waals surface area contributed by atoms with Crippen molar-refractivity contribution >= 4 is 23.9 Å². The van der Waals surface area contributed by atoms with Crippen LogP contribution in [0.4, 0.5) is 0 Å². The Labute approximate surface area is 150 Å². The lowest BCUT2D eigenvalue weighted by atomic mass is 10.1. The number of ether oxygens (including phenoxy) is 2. The number of rotatable bonds is 5. The first-order valence-electron chi connectivity index (χ1n) is 7.95. The highest BCUT2D eigenvalue weighted by atomic mass is 16.6. The monoisotopic (exact) mass is 350 g/mol. The highest BCUT2D eigenvalue weighted by Crippen LogP contribution is 2.21. The number of aliphatic carboxylic acids is 1. The molecule has 0 bridgehead atoms. The van der Waals surface area contributed by atoms with Crippen molar-refractivity contribution in [2.45, 2.75) is 13.8 Å². The molecule has 0 saturated carbocycles. The summed E-state index contributed by atoms with van der Waals surface area (Å²) >= 11 is 0. The van der Waals surface area contributed by atoms with Crippen molar-refractivity contribution in [2.75, 3.05) is 6.61 Å². The van der Waals surface area contributed by atoms with Crippen LogP contribution in [0.15, 0.2) is 53.2 Å². The summed E-state index contributed by atoms with van der Waals surface area (Å²) in [5.74, 6) is -1.14. The molecule has 0 N–H and O–H groups in total. The fourth-order valence-electron chi connectivity index (χ4n) is 2.37. The van der Waals surface area contributed by atoms with E-state index in [1.54, 1.807) is 30.3 Å². The van der Waals surface area contributed by atoms with Crippen LogP contribution < -0.4 is 9.84 Å². The first-order valence-corrected chi connectivity index (χ1v) is 7.95. The maximum Gasteiger partial charge on any atom is 0.363 e. The van der Waals surface area contributed by atoms with Crippen LogP contribution in [-0.4, -0.2) is 24.4 Å². The van der Waals surface area contributed by atoms with Crippen molar-refractivity contribution in [1.82, 2.24) is 0 Å². The van der Waals surface area contributed by atoms with Crippen molar-refractivity contribution in [3.63, 3.8) is 0 Å². The van der Waals surface area contributed by atoms with Gasteiger partial charge in [0.25, 0.3) is 0 Å². The van der Waals surface area contributed by atoms with Crippen molar-refractivity contribution in [2.24, 2.45) is 4.99 Å². The predicted octanol–water partition coefficient (Wildman–Crippen LogP) is 1.78. The second-order valence-corrected chi connectivity index (χ2v) is 5.86. The number of hydrogen-bond acceptors (Lipinski definition) is 6. The molecule has 0 radical (unpaired) electrons. The lowest BCUT2D eigenvalue weighted by Crippen LogP contribution is -2.28. The zero-order chi connectivity index (χ0) is 18.7. The average molecular weight is 350 g/mol. The number of esters is 1. The molecule has 3 rings (SSSR count). The number of carbonyl (C=O) groups is 2. The second-order valence-electron chi connectivity index (χ2n) is 5.86. The van der Waals surface area contributed by atoms with Gasteiger partial charge in [0.1, 0.15) is 12.4 Å². The van der Waals surface area contributed by atoms with E-state index in [1.165, 1.54) is 0 Å². The second kappa shape index (κ2) is 7.23. The van der Waals surface area contributed by atoms with Gasteiger partial charge in [-0.3, -0.25) is 0 Å². The minimum Gasteiger partial charge on any atom is -0.546 e. The molecule has 0 amide bonds. The maximum atomic E-state index is 12.1. The summed E-state index contributed by atoms with van der Waals surface area (Å²) in [6, 6.07) is 12.3. The van der Waals surface area contributed by atoms with Gasteiger partial charge in [-0.05, 0) is 60.9 Å². The Morgan fingerprint density at radius 3 is 2.54 bits per heavy atom. The van der Waals surface area contributed by atoms with Crippen molar-refractivity contribution in [1.29, 1.82) is 0 Å². The van der Waals surface area contributed by atoms with Crippen LogP contribution in [0.2, 0.25) is 0 Å². The lowest BCUT2D eigenvalue weighted by Gasteiger charge is -2.06. The van der Waals surface area contributed by atoms with Gasteiger partial charge in [0, 0.05) is 5.56 Å². The summed E-state index contributed by atoms with van der Waals surface area (Å²) in [7, 11) is 0. The summed E-state index contributed by atoms with van der Waals surface area (Å²) in [4.78, 5) is 26.7. The van der Waals surface area contributed by atoms with Crippen LogP contribution in [0, 0.1) is 13.8 Å². The number of aliphatic imine (C=N–C) groups is 1. The maximum absolute atomic E-state index is 12.1. The van der Waals surface area contributed by atoms with E-state index in [2.05, 4.69) is 4.99 Å². The van der Waals surface area contributed by atoms with E-state index in [-0.39, 0.29) is 11.6 Å². The zero-order valence-corrected chi connectivity index (χ0v) is 14.3. The Kier molecular flexibility index (Phi) is 4.84. The molecule has 1 aliphatic heterocycles. The van der Waals surface area contributed by atoms with Crippen LogP contribution in [0.25, 0.3) is 6.08 Å². The van der Waals surface area contributed by atoms with E-state index >= 15 is 0 Å². The van der Waals surface area contributed by atoms with Gasteiger partial charge in [0.2, 0.25) is 5.90 Å². The lowest BCUT2D eigenvalue weighted by molar-refractivity contribution is -0.307. The van der Waals surface area contributed by atoms with E-state index in [9.17, 15) is 14.7 Å². The number of carboxylic acid groups (broad SMARTS) is 1. The molecular formula is C20H16NO5-. The first-order chi connectivity index (χ1) is 12.4. The minimum absolute atomic E-state index is 0.196. The third-order valence-corrected chi connectivity index (χ3v) is 3.91. The molecular weight excluding hydrogens is 334 g/mol. The largest absolute Gasteiger partial charge is 0.546 e. The van der Waals surface area contributed by atoms with Gasteiger partial charge in [-0.1, -0.05) is 18.2 Å². The standard InChI is InChI=1S/C20H17NO5/c1-12-3-6-15(9-13(12)2)19-21-17(20(24)26-19)10-14-4-7-16(8-5-14)25-11-18(22)23/h3-10H,11H2,1-2H3,(H,22,23)/p-1/b17-10-. The zero-order valence-electron chi connectivity index (χ0n) is 14.3. The molecule has 0 fully saturated rings. The van der Waals surface area contributed by atoms with Gasteiger partial charge < -0.3 is 19.4 Å². The average Bonchev–Trinajstić information content (AvgIpc) is 2.97. The Morgan fingerprint density at radius 2 is 1.88 bits per heavy atom. The SMILES string of the molecule is Cc1ccc(C2=N/C(=C\c3ccc(OCC(=O)[O-])cc3)C(=O)O2)cc1C. The number of cyclic esters (lactones) is 1. The van der Waals surface area contributed by atoms with Crippen LogP contribution in [0.1, 0.15) is 22.3 Å². The number of carboxylic acids is 1. The summed E-state index contributed by atoms with van der Waals surface area (Å²) in [6.07, 6.45) is 1.60. The molecule has 0 unspecified atom stereocenters. The van der Waals surface area contributed by atoms with E-state index in [4.69, 9.17) is 9.47 Å². The summed E-state index contributed by atoms with van der Waals surface area (Å²) in [6.45, 7) is 3.47. The smallest absolute Gasteiger partial charge is 0.363 e. The number of benzene rings is 2. The van der Waals surface area contributed by atoms with E-state index in [0.717, 1.165) is 16.7 Å². The number of nitrogens with zero attached hydrogens (tertiary/aromatic N) is 1. The summed E-state index contributed by atoms with van der Waals surface area (Å²) < 4.78 is 10.3. The van der Waals surface area contributed by atoms with Gasteiger partial charge in [-0.25, -0.2) is 9.79 Å². The van der Waals surface area contributed by atoms with Crippen LogP contribution in [0.5, 0.6) is 5.75 Å². The Bertz CT molecular complexity index is 926. The molecule has 6 heteroatoms. The molecule has 0 atom stereocenters. The first kappa shape index (κ1) is 17.4. The fourth-order valence-corrected chi connectivity index (χ4v) is 2.37. The third kappa shape index (κ3) is 3.97. The van der Waals surface area contributed by atoms with E-state index < -0.39 is 18.5 Å². The molecule has 0 saturated heterocycles. The molecule has 6 nitrogen and oxygen atoms in total. The highest BCUT2D eigenvalue weighted by Gasteiger charge is 2.24. The topological polar surface area (TPSA) is 88.0 Å². The Morgan fingerprint density at radius 1 is 1.15 bits per heavy atom. The van der Waals surface area contributed by atoms with Crippen molar-refractivity contribution < 1.29 is 24.2 Å². The predicted molar refractivity (Wildman–Crippen MR) is 93.5 cm³/mol. The minimum atomic E-state index is -1.29. The molecule has 2 aromatic rings. The molecule has 0 aromatic heterocycles. The van der Waals surface area contributed by atoms with E-state index in [0.29, 0.717) is 11.3 Å². The van der Waals surface area contributed by atoms with Crippen LogP contribution in [-0.2, 0) is 14.3 Å². The van der Waals surface area contributed by atoms with Crippen LogP contribution >= 0.6 is 0 Å². The van der Waals surface area contributed by atoms with Gasteiger partial charge >= 0.3 is 5.97 Å². The van der Waals surface area contributed by atoms with Crippen LogP contribution in [0.3, 0.4) is 0 Å². The summed E-state index contributed by atoms with van der Waals surface area (Å²) in [5, 5.41) is 10.4. The molecule has 0 spiro atoms. The summed E-state index contributed by atoms with van der Waals surface area (Å²) in [5.41, 5.74) is 3.89. The molecule has 1 heterocycles. The third-order valence-electron chi connectivity index (χ3n) is 3.91. The fraction of sp³-hybridized carbons (Fsp3) is 0.150. The normalized spacial score (nSPS) is 14.9. The van der Waals surface area contributed by atoms with Crippen molar-refractivity contribution in [3.8, 4) is 5.75 Å². The van der Waals surface area contributed by atoms with Crippen molar-refractivity contribution in [3.05, 3.63) is 70.4 Å².